The van der Waals surface area contributed by atoms with Crippen LogP contribution in [0.4, 0.5) is 5.69 Å². The fraction of sp³-hybridized carbons (Fsp3) is 0. The highest BCUT2D eigenvalue weighted by Gasteiger charge is 2.15. The molecule has 2 aromatic heterocycles. The minimum atomic E-state index is 0.900. The van der Waals surface area contributed by atoms with Crippen molar-refractivity contribution in [3.8, 4) is 0 Å². The zero-order chi connectivity index (χ0) is 13.1. The second kappa shape index (κ2) is 3.36. The Morgan fingerprint density at radius 2 is 2.05 bits per heavy atom. The molecule has 0 saturated carbocycles. The summed E-state index contributed by atoms with van der Waals surface area (Å²) in [6.07, 6.45) is 9.37. The van der Waals surface area contributed by atoms with Crippen LogP contribution in [0.1, 0.15) is 5.56 Å². The van der Waals surface area contributed by atoms with Crippen molar-refractivity contribution in [3.63, 3.8) is 0 Å². The van der Waals surface area contributed by atoms with E-state index < -0.39 is 0 Å². The normalized spacial score (nSPS) is 14.4. The van der Waals surface area contributed by atoms with Crippen molar-refractivity contribution >= 4 is 45.9 Å². The molecule has 3 aromatic rings. The van der Waals surface area contributed by atoms with Gasteiger partial charge in [0.2, 0.25) is 0 Å². The van der Waals surface area contributed by atoms with E-state index in [9.17, 15) is 0 Å². The summed E-state index contributed by atoms with van der Waals surface area (Å²) in [6, 6.07) is 6.06. The fourth-order valence-corrected chi connectivity index (χ4v) is 2.87. The van der Waals surface area contributed by atoms with Crippen LogP contribution in [0.25, 0.3) is 34.0 Å². The first-order valence-electron chi connectivity index (χ1n) is 6.42. The van der Waals surface area contributed by atoms with E-state index in [-0.39, 0.29) is 0 Å². The third-order valence-electron chi connectivity index (χ3n) is 3.75. The highest BCUT2D eigenvalue weighted by Crippen LogP contribution is 2.26. The predicted molar refractivity (Wildman–Crippen MR) is 79.5 cm³/mol. The van der Waals surface area contributed by atoms with Gasteiger partial charge >= 0.3 is 0 Å². The molecule has 0 atom stereocenters. The molecule has 0 radical (unpaired) electrons. The molecule has 92 valence electrons. The van der Waals surface area contributed by atoms with Crippen LogP contribution in [0.3, 0.4) is 0 Å². The van der Waals surface area contributed by atoms with Gasteiger partial charge in [-0.25, -0.2) is 4.98 Å². The minimum absolute atomic E-state index is 0.900. The van der Waals surface area contributed by atoms with Crippen molar-refractivity contribution in [2.24, 2.45) is 9.98 Å². The van der Waals surface area contributed by atoms with Gasteiger partial charge in [0.15, 0.2) is 0 Å². The van der Waals surface area contributed by atoms with Crippen molar-refractivity contribution in [2.45, 2.75) is 0 Å². The number of hydrogen-bond acceptors (Lipinski definition) is 4. The lowest BCUT2D eigenvalue weighted by molar-refractivity contribution is 1.30. The Labute approximate surface area is 113 Å². The Hall–Kier alpha value is -2.88. The van der Waals surface area contributed by atoms with E-state index in [0.717, 1.165) is 43.8 Å². The quantitative estimate of drug-likeness (QED) is 0.577. The SMILES string of the molecule is C1=Cc2c(c3cccnc3c3nc4c(cc23)N=CC=4)=N1. The maximum absolute atomic E-state index is 4.74. The molecule has 0 amide bonds. The summed E-state index contributed by atoms with van der Waals surface area (Å²) >= 11 is 0. The van der Waals surface area contributed by atoms with Crippen molar-refractivity contribution in [1.82, 2.24) is 9.97 Å². The lowest BCUT2D eigenvalue weighted by Gasteiger charge is -2.06. The number of aromatic nitrogens is 2. The molecule has 1 aromatic carbocycles. The standard InChI is InChI=1S/C16H8N4/c1-2-10-14-9(3-6-19-14)11-8-13-12(4-7-17-13)20-16(11)15(10)18-5-1/h1-8H. The molecule has 0 unspecified atom stereocenters. The first-order valence-corrected chi connectivity index (χ1v) is 6.42. The first-order chi connectivity index (χ1) is 9.92. The third kappa shape index (κ3) is 1.11. The Balaban J connectivity index is 2.17. The number of nitrogens with zero attached hydrogens (tertiary/aromatic N) is 4. The van der Waals surface area contributed by atoms with E-state index in [1.807, 2.05) is 30.5 Å². The van der Waals surface area contributed by atoms with Gasteiger partial charge in [-0.05, 0) is 30.4 Å². The Morgan fingerprint density at radius 3 is 3.05 bits per heavy atom. The summed E-state index contributed by atoms with van der Waals surface area (Å²) in [5.74, 6) is 0. The van der Waals surface area contributed by atoms with Gasteiger partial charge in [0.05, 0.1) is 27.4 Å². The Morgan fingerprint density at radius 1 is 1.05 bits per heavy atom. The van der Waals surface area contributed by atoms with Crippen LogP contribution in [0.2, 0.25) is 0 Å². The van der Waals surface area contributed by atoms with Crippen molar-refractivity contribution in [3.05, 3.63) is 46.9 Å². The maximum Gasteiger partial charge on any atom is 0.0986 e. The smallest absolute Gasteiger partial charge is 0.0986 e. The molecule has 4 heterocycles. The van der Waals surface area contributed by atoms with Crippen LogP contribution >= 0.6 is 0 Å². The fourth-order valence-electron chi connectivity index (χ4n) is 2.87. The van der Waals surface area contributed by atoms with Crippen LogP contribution in [-0.2, 0) is 0 Å². The average Bonchev–Trinajstić information content (AvgIpc) is 3.14. The molecule has 0 N–H and O–H groups in total. The van der Waals surface area contributed by atoms with E-state index in [0.29, 0.717) is 0 Å². The zero-order valence-electron chi connectivity index (χ0n) is 10.4. The van der Waals surface area contributed by atoms with E-state index in [4.69, 9.17) is 4.98 Å². The first kappa shape index (κ1) is 9.97. The van der Waals surface area contributed by atoms with Gasteiger partial charge in [-0.2, -0.15) is 0 Å². The summed E-state index contributed by atoms with van der Waals surface area (Å²) in [5.41, 5.74) is 3.84. The molecule has 20 heavy (non-hydrogen) atoms. The van der Waals surface area contributed by atoms with Crippen LogP contribution in [-0.4, -0.2) is 16.2 Å². The molecule has 0 bridgehead atoms. The number of pyridine rings is 2. The van der Waals surface area contributed by atoms with Crippen LogP contribution in [0.15, 0.2) is 40.6 Å². The average molecular weight is 256 g/mol. The number of benzene rings is 1. The molecule has 0 fully saturated rings. The number of fused-ring (bicyclic) bond motifs is 7. The molecule has 4 heteroatoms. The molecule has 0 aliphatic carbocycles. The molecule has 0 spiro atoms. The van der Waals surface area contributed by atoms with Gasteiger partial charge in [-0.15, -0.1) is 0 Å². The predicted octanol–water partition coefficient (Wildman–Crippen LogP) is 1.88. The van der Waals surface area contributed by atoms with E-state index in [1.54, 1.807) is 12.4 Å². The summed E-state index contributed by atoms with van der Waals surface area (Å²) in [7, 11) is 0. The van der Waals surface area contributed by atoms with Crippen LogP contribution < -0.4 is 10.7 Å². The third-order valence-corrected chi connectivity index (χ3v) is 3.75. The Bertz CT molecular complexity index is 1090. The van der Waals surface area contributed by atoms with Crippen molar-refractivity contribution < 1.29 is 0 Å². The zero-order valence-corrected chi connectivity index (χ0v) is 10.4. The van der Waals surface area contributed by atoms with Crippen molar-refractivity contribution in [2.75, 3.05) is 0 Å². The molecule has 2 aliphatic heterocycles. The molecule has 5 rings (SSSR count). The Kier molecular flexibility index (Phi) is 1.68. The minimum Gasteiger partial charge on any atom is -0.256 e. The van der Waals surface area contributed by atoms with Crippen LogP contribution in [0, 0.1) is 0 Å². The summed E-state index contributed by atoms with van der Waals surface area (Å²) in [6.45, 7) is 0. The van der Waals surface area contributed by atoms with Gasteiger partial charge in [0.1, 0.15) is 0 Å². The van der Waals surface area contributed by atoms with E-state index in [2.05, 4.69) is 21.0 Å². The number of aliphatic imine (C=N–C) groups is 1. The lowest BCUT2D eigenvalue weighted by Crippen LogP contribution is -2.11. The van der Waals surface area contributed by atoms with Gasteiger partial charge in [0.25, 0.3) is 0 Å². The van der Waals surface area contributed by atoms with Gasteiger partial charge < -0.3 is 0 Å². The van der Waals surface area contributed by atoms with Gasteiger partial charge in [0, 0.05) is 34.9 Å². The van der Waals surface area contributed by atoms with E-state index in [1.165, 1.54) is 0 Å². The molecular weight excluding hydrogens is 248 g/mol. The number of rotatable bonds is 0. The molecule has 4 nitrogen and oxygen atoms in total. The summed E-state index contributed by atoms with van der Waals surface area (Å²) in [5, 5.41) is 4.00. The second-order valence-electron chi connectivity index (χ2n) is 4.84. The molecule has 2 aliphatic rings. The lowest BCUT2D eigenvalue weighted by atomic mass is 10.0. The van der Waals surface area contributed by atoms with Gasteiger partial charge in [-0.1, -0.05) is 0 Å². The number of hydrogen-bond donors (Lipinski definition) is 0. The largest absolute Gasteiger partial charge is 0.256 e. The maximum atomic E-state index is 4.74. The van der Waals surface area contributed by atoms with Crippen LogP contribution in [0.5, 0.6) is 0 Å². The molecule has 0 saturated heterocycles. The highest BCUT2D eigenvalue weighted by atomic mass is 14.8. The summed E-state index contributed by atoms with van der Waals surface area (Å²) in [4.78, 5) is 18.1. The van der Waals surface area contributed by atoms with Crippen molar-refractivity contribution in [1.29, 1.82) is 0 Å². The second-order valence-corrected chi connectivity index (χ2v) is 4.84. The topological polar surface area (TPSA) is 50.5 Å². The highest BCUT2D eigenvalue weighted by molar-refractivity contribution is 6.08. The summed E-state index contributed by atoms with van der Waals surface area (Å²) < 4.78 is 0. The van der Waals surface area contributed by atoms with E-state index >= 15 is 0 Å². The monoisotopic (exact) mass is 256 g/mol. The van der Waals surface area contributed by atoms with Gasteiger partial charge in [-0.3, -0.25) is 15.0 Å². The molecular formula is C16H8N4.